The standard InChI is InChI=1S/C13H15N3O3S/c1-8-11(20-7-14-8)4-5-16-6-10(9(2)17)12(18)15(3)13(16)19/h6-7H,4-5H2,1-3H3. The summed E-state index contributed by atoms with van der Waals surface area (Å²) in [6, 6.07) is 0. The van der Waals surface area contributed by atoms with Crippen molar-refractivity contribution in [3.05, 3.63) is 48.7 Å². The van der Waals surface area contributed by atoms with Gasteiger partial charge in [0.2, 0.25) is 0 Å². The number of nitrogens with zero attached hydrogens (tertiary/aromatic N) is 3. The Morgan fingerprint density at radius 3 is 2.65 bits per heavy atom. The number of thiazole rings is 1. The lowest BCUT2D eigenvalue weighted by Crippen LogP contribution is -2.40. The quantitative estimate of drug-likeness (QED) is 0.780. The molecule has 0 saturated heterocycles. The first-order chi connectivity index (χ1) is 9.41. The van der Waals surface area contributed by atoms with E-state index in [4.69, 9.17) is 0 Å². The van der Waals surface area contributed by atoms with Gasteiger partial charge < -0.3 is 0 Å². The Bertz CT molecular complexity index is 770. The van der Waals surface area contributed by atoms with Gasteiger partial charge >= 0.3 is 5.69 Å². The lowest BCUT2D eigenvalue weighted by molar-refractivity contribution is 0.101. The average molecular weight is 293 g/mol. The highest BCUT2D eigenvalue weighted by molar-refractivity contribution is 7.09. The molecular weight excluding hydrogens is 278 g/mol. The molecule has 0 amide bonds. The fraction of sp³-hybridized carbons (Fsp3) is 0.385. The zero-order valence-electron chi connectivity index (χ0n) is 11.5. The monoisotopic (exact) mass is 293 g/mol. The summed E-state index contributed by atoms with van der Waals surface area (Å²) < 4.78 is 2.37. The van der Waals surface area contributed by atoms with E-state index in [9.17, 15) is 14.4 Å². The van der Waals surface area contributed by atoms with E-state index in [1.165, 1.54) is 36.1 Å². The second-order valence-corrected chi connectivity index (χ2v) is 5.49. The zero-order chi connectivity index (χ0) is 14.9. The maximum Gasteiger partial charge on any atom is 0.330 e. The number of ketones is 1. The minimum absolute atomic E-state index is 0.0353. The minimum atomic E-state index is -0.548. The Kier molecular flexibility index (Phi) is 3.99. The van der Waals surface area contributed by atoms with E-state index < -0.39 is 11.2 Å². The fourth-order valence-electron chi connectivity index (χ4n) is 1.92. The van der Waals surface area contributed by atoms with Crippen LogP contribution in [0.5, 0.6) is 0 Å². The number of aryl methyl sites for hydroxylation is 3. The smallest absolute Gasteiger partial charge is 0.299 e. The van der Waals surface area contributed by atoms with Gasteiger partial charge in [-0.15, -0.1) is 11.3 Å². The summed E-state index contributed by atoms with van der Waals surface area (Å²) in [4.78, 5) is 40.5. The number of hydrogen-bond donors (Lipinski definition) is 0. The number of aromatic nitrogens is 3. The highest BCUT2D eigenvalue weighted by Gasteiger charge is 2.12. The van der Waals surface area contributed by atoms with Crippen LogP contribution >= 0.6 is 11.3 Å². The van der Waals surface area contributed by atoms with Crippen LogP contribution in [0.25, 0.3) is 0 Å². The van der Waals surface area contributed by atoms with E-state index in [-0.39, 0.29) is 11.3 Å². The highest BCUT2D eigenvalue weighted by atomic mass is 32.1. The lowest BCUT2D eigenvalue weighted by Gasteiger charge is -2.09. The van der Waals surface area contributed by atoms with Crippen LogP contribution < -0.4 is 11.2 Å². The van der Waals surface area contributed by atoms with Gasteiger partial charge in [-0.25, -0.2) is 9.78 Å². The van der Waals surface area contributed by atoms with Crippen molar-refractivity contribution < 1.29 is 4.79 Å². The van der Waals surface area contributed by atoms with Crippen molar-refractivity contribution in [3.8, 4) is 0 Å². The molecule has 0 unspecified atom stereocenters. The average Bonchev–Trinajstić information content (AvgIpc) is 2.80. The van der Waals surface area contributed by atoms with E-state index >= 15 is 0 Å². The maximum absolute atomic E-state index is 12.0. The number of hydrogen-bond acceptors (Lipinski definition) is 5. The molecule has 0 atom stereocenters. The highest BCUT2D eigenvalue weighted by Crippen LogP contribution is 2.13. The van der Waals surface area contributed by atoms with Crippen LogP contribution in [-0.2, 0) is 20.0 Å². The minimum Gasteiger partial charge on any atom is -0.299 e. The SMILES string of the molecule is CC(=O)c1cn(CCc2scnc2C)c(=O)n(C)c1=O. The van der Waals surface area contributed by atoms with Gasteiger partial charge in [0, 0.05) is 31.1 Å². The predicted molar refractivity (Wildman–Crippen MR) is 76.5 cm³/mol. The second kappa shape index (κ2) is 5.54. The first-order valence-corrected chi connectivity index (χ1v) is 7.00. The van der Waals surface area contributed by atoms with Crippen molar-refractivity contribution in [3.63, 3.8) is 0 Å². The summed E-state index contributed by atoms with van der Waals surface area (Å²) in [5, 5.41) is 0. The summed E-state index contributed by atoms with van der Waals surface area (Å²) in [5.74, 6) is -0.340. The molecule has 0 bridgehead atoms. The third-order valence-electron chi connectivity index (χ3n) is 3.16. The van der Waals surface area contributed by atoms with Gasteiger partial charge in [-0.3, -0.25) is 18.7 Å². The molecule has 20 heavy (non-hydrogen) atoms. The summed E-state index contributed by atoms with van der Waals surface area (Å²) in [6.07, 6.45) is 2.00. The van der Waals surface area contributed by atoms with Crippen molar-refractivity contribution in [2.24, 2.45) is 7.05 Å². The van der Waals surface area contributed by atoms with Crippen molar-refractivity contribution in [1.82, 2.24) is 14.1 Å². The van der Waals surface area contributed by atoms with Gasteiger partial charge in [-0.1, -0.05) is 0 Å². The van der Waals surface area contributed by atoms with Gasteiger partial charge in [0.1, 0.15) is 0 Å². The van der Waals surface area contributed by atoms with Crippen molar-refractivity contribution in [2.75, 3.05) is 0 Å². The van der Waals surface area contributed by atoms with Crippen LogP contribution in [0, 0.1) is 6.92 Å². The predicted octanol–water partition coefficient (Wildman–Crippen LogP) is 0.757. The van der Waals surface area contributed by atoms with Crippen LogP contribution in [-0.4, -0.2) is 19.9 Å². The fourth-order valence-corrected chi connectivity index (χ4v) is 2.69. The molecule has 2 rings (SSSR count). The molecule has 2 aromatic rings. The maximum atomic E-state index is 12.0. The van der Waals surface area contributed by atoms with Crippen molar-refractivity contribution in [1.29, 1.82) is 0 Å². The Hall–Kier alpha value is -2.02. The van der Waals surface area contributed by atoms with Gasteiger partial charge in [-0.2, -0.15) is 0 Å². The van der Waals surface area contributed by atoms with Crippen LogP contribution in [0.1, 0.15) is 27.9 Å². The number of Topliss-reactive ketones (excluding diaryl/α,β-unsaturated/α-hetero) is 1. The Morgan fingerprint density at radius 1 is 1.40 bits per heavy atom. The van der Waals surface area contributed by atoms with Crippen molar-refractivity contribution in [2.45, 2.75) is 26.8 Å². The molecule has 0 aliphatic rings. The van der Waals surface area contributed by atoms with Crippen LogP contribution in [0.3, 0.4) is 0 Å². The molecule has 0 radical (unpaired) electrons. The third kappa shape index (κ3) is 2.62. The van der Waals surface area contributed by atoms with Crippen LogP contribution in [0.2, 0.25) is 0 Å². The summed E-state index contributed by atoms with van der Waals surface area (Å²) in [6.45, 7) is 3.64. The Labute approximate surface area is 119 Å². The summed E-state index contributed by atoms with van der Waals surface area (Å²) in [5.41, 5.74) is 1.78. The van der Waals surface area contributed by atoms with E-state index in [1.807, 2.05) is 6.92 Å². The van der Waals surface area contributed by atoms with Crippen LogP contribution in [0.15, 0.2) is 21.3 Å². The second-order valence-electron chi connectivity index (χ2n) is 4.55. The molecule has 0 spiro atoms. The van der Waals surface area contributed by atoms with Crippen LogP contribution in [0.4, 0.5) is 0 Å². The topological polar surface area (TPSA) is 74.0 Å². The van der Waals surface area contributed by atoms with Gasteiger partial charge in [0.25, 0.3) is 5.56 Å². The van der Waals surface area contributed by atoms with E-state index in [1.54, 1.807) is 5.51 Å². The van der Waals surface area contributed by atoms with Gasteiger partial charge in [-0.05, 0) is 13.8 Å². The van der Waals surface area contributed by atoms with Gasteiger partial charge in [0.15, 0.2) is 5.78 Å². The normalized spacial score (nSPS) is 10.8. The Morgan fingerprint density at radius 2 is 2.10 bits per heavy atom. The zero-order valence-corrected chi connectivity index (χ0v) is 12.4. The summed E-state index contributed by atoms with van der Waals surface area (Å²) >= 11 is 1.53. The largest absolute Gasteiger partial charge is 0.330 e. The van der Waals surface area contributed by atoms with Gasteiger partial charge in [0.05, 0.1) is 16.8 Å². The molecule has 0 aromatic carbocycles. The van der Waals surface area contributed by atoms with Crippen molar-refractivity contribution >= 4 is 17.1 Å². The molecule has 0 fully saturated rings. The molecular formula is C13H15N3O3S. The number of carbonyl (C=O) groups excluding carboxylic acids is 1. The summed E-state index contributed by atoms with van der Waals surface area (Å²) in [7, 11) is 1.38. The molecule has 0 N–H and O–H groups in total. The van der Waals surface area contributed by atoms with E-state index in [0.29, 0.717) is 13.0 Å². The molecule has 0 aliphatic heterocycles. The third-order valence-corrected chi connectivity index (χ3v) is 4.15. The first kappa shape index (κ1) is 14.4. The molecule has 6 nitrogen and oxygen atoms in total. The molecule has 0 saturated carbocycles. The van der Waals surface area contributed by atoms with E-state index in [2.05, 4.69) is 4.98 Å². The molecule has 7 heteroatoms. The Balaban J connectivity index is 2.37. The molecule has 0 aliphatic carbocycles. The first-order valence-electron chi connectivity index (χ1n) is 6.12. The molecule has 106 valence electrons. The number of carbonyl (C=O) groups is 1. The molecule has 2 heterocycles. The number of rotatable bonds is 4. The molecule has 2 aromatic heterocycles. The van der Waals surface area contributed by atoms with E-state index in [0.717, 1.165) is 15.1 Å². The lowest BCUT2D eigenvalue weighted by atomic mass is 10.2.